The van der Waals surface area contributed by atoms with E-state index in [1.54, 1.807) is 24.5 Å². The molecule has 3 aromatic rings. The van der Waals surface area contributed by atoms with Gasteiger partial charge in [0.1, 0.15) is 5.82 Å². The molecule has 26 heavy (non-hydrogen) atoms. The number of rotatable bonds is 5. The van der Waals surface area contributed by atoms with Crippen molar-refractivity contribution in [3.8, 4) is 0 Å². The van der Waals surface area contributed by atoms with E-state index in [0.29, 0.717) is 12.2 Å². The molecular weight excluding hydrogens is 335 g/mol. The molecular formula is C19H15FN4O2. The Morgan fingerprint density at radius 2 is 1.54 bits per heavy atom. The number of benzene rings is 1. The fourth-order valence-electron chi connectivity index (χ4n) is 2.21. The number of hydrogen-bond donors (Lipinski definition) is 2. The number of carbonyl (C=O) groups is 2. The van der Waals surface area contributed by atoms with Gasteiger partial charge in [-0.05, 0) is 48.0 Å². The van der Waals surface area contributed by atoms with Crippen molar-refractivity contribution in [2.45, 2.75) is 6.54 Å². The standard InChI is InChI=1S/C19H15FN4O2/c20-16-1-3-17(4-2-16)24-19(26)15-9-14(11-22-12-15)18(25)23-10-13-5-7-21-8-6-13/h1-9,11-12H,10H2,(H,23,25)(H,24,26). The van der Waals surface area contributed by atoms with Crippen LogP contribution in [-0.2, 0) is 6.54 Å². The van der Waals surface area contributed by atoms with Crippen molar-refractivity contribution >= 4 is 17.5 Å². The molecule has 0 aliphatic carbocycles. The van der Waals surface area contributed by atoms with Crippen molar-refractivity contribution in [3.05, 3.63) is 89.8 Å². The van der Waals surface area contributed by atoms with Crippen LogP contribution in [0.2, 0.25) is 0 Å². The molecule has 0 saturated heterocycles. The molecule has 0 fully saturated rings. The summed E-state index contributed by atoms with van der Waals surface area (Å²) in [7, 11) is 0. The molecule has 7 heteroatoms. The number of aromatic nitrogens is 2. The molecule has 0 atom stereocenters. The number of nitrogens with one attached hydrogen (secondary N) is 2. The van der Waals surface area contributed by atoms with Crippen LogP contribution in [0.15, 0.2) is 67.3 Å². The lowest BCUT2D eigenvalue weighted by molar-refractivity contribution is 0.0950. The van der Waals surface area contributed by atoms with Gasteiger partial charge in [0.2, 0.25) is 0 Å². The second-order valence-corrected chi connectivity index (χ2v) is 5.46. The zero-order valence-electron chi connectivity index (χ0n) is 13.6. The molecule has 0 bridgehead atoms. The topological polar surface area (TPSA) is 84.0 Å². The SMILES string of the molecule is O=C(NCc1ccncc1)c1cncc(C(=O)Nc2ccc(F)cc2)c1. The first kappa shape index (κ1) is 17.2. The van der Waals surface area contributed by atoms with E-state index in [1.165, 1.54) is 42.7 Å². The molecule has 2 aromatic heterocycles. The fourth-order valence-corrected chi connectivity index (χ4v) is 2.21. The summed E-state index contributed by atoms with van der Waals surface area (Å²) in [4.78, 5) is 32.4. The van der Waals surface area contributed by atoms with Crippen LogP contribution in [0.1, 0.15) is 26.3 Å². The van der Waals surface area contributed by atoms with Crippen molar-refractivity contribution in [1.82, 2.24) is 15.3 Å². The Kier molecular flexibility index (Phi) is 5.28. The molecule has 2 heterocycles. The van der Waals surface area contributed by atoms with Crippen LogP contribution in [-0.4, -0.2) is 21.8 Å². The van der Waals surface area contributed by atoms with Gasteiger partial charge in [-0.15, -0.1) is 0 Å². The molecule has 0 unspecified atom stereocenters. The lowest BCUT2D eigenvalue weighted by Gasteiger charge is -2.08. The van der Waals surface area contributed by atoms with E-state index in [-0.39, 0.29) is 17.0 Å². The van der Waals surface area contributed by atoms with E-state index in [4.69, 9.17) is 0 Å². The lowest BCUT2D eigenvalue weighted by Crippen LogP contribution is -2.23. The monoisotopic (exact) mass is 350 g/mol. The molecule has 0 aliphatic rings. The third kappa shape index (κ3) is 4.47. The summed E-state index contributed by atoms with van der Waals surface area (Å²) in [5.74, 6) is -1.17. The van der Waals surface area contributed by atoms with Crippen LogP contribution in [0.5, 0.6) is 0 Å². The predicted molar refractivity (Wildman–Crippen MR) is 94.0 cm³/mol. The number of halogens is 1. The molecule has 2 N–H and O–H groups in total. The first-order chi connectivity index (χ1) is 12.6. The van der Waals surface area contributed by atoms with Crippen LogP contribution in [0.25, 0.3) is 0 Å². The third-order valence-electron chi connectivity index (χ3n) is 3.57. The van der Waals surface area contributed by atoms with E-state index >= 15 is 0 Å². The largest absolute Gasteiger partial charge is 0.348 e. The highest BCUT2D eigenvalue weighted by Crippen LogP contribution is 2.11. The summed E-state index contributed by atoms with van der Waals surface area (Å²) >= 11 is 0. The summed E-state index contributed by atoms with van der Waals surface area (Å²) in [5.41, 5.74) is 1.85. The maximum Gasteiger partial charge on any atom is 0.257 e. The van der Waals surface area contributed by atoms with Crippen LogP contribution < -0.4 is 10.6 Å². The number of anilines is 1. The van der Waals surface area contributed by atoms with Crippen molar-refractivity contribution in [3.63, 3.8) is 0 Å². The Morgan fingerprint density at radius 1 is 0.885 bits per heavy atom. The second-order valence-electron chi connectivity index (χ2n) is 5.46. The summed E-state index contributed by atoms with van der Waals surface area (Å²) < 4.78 is 12.9. The van der Waals surface area contributed by atoms with Gasteiger partial charge in [0, 0.05) is 37.0 Å². The number of amides is 2. The number of hydrogen-bond acceptors (Lipinski definition) is 4. The minimum atomic E-state index is -0.437. The molecule has 0 spiro atoms. The number of pyridine rings is 2. The molecule has 0 saturated carbocycles. The third-order valence-corrected chi connectivity index (χ3v) is 3.57. The van der Waals surface area contributed by atoms with Crippen LogP contribution in [0.4, 0.5) is 10.1 Å². The van der Waals surface area contributed by atoms with Gasteiger partial charge in [0.15, 0.2) is 0 Å². The van der Waals surface area contributed by atoms with Gasteiger partial charge in [0.05, 0.1) is 11.1 Å². The Bertz CT molecular complexity index is 914. The quantitative estimate of drug-likeness (QED) is 0.741. The average molecular weight is 350 g/mol. The van der Waals surface area contributed by atoms with E-state index in [2.05, 4.69) is 20.6 Å². The van der Waals surface area contributed by atoms with Crippen molar-refractivity contribution < 1.29 is 14.0 Å². The van der Waals surface area contributed by atoms with Gasteiger partial charge >= 0.3 is 0 Å². The Labute approximate surface area is 149 Å². The van der Waals surface area contributed by atoms with Crippen molar-refractivity contribution in [2.24, 2.45) is 0 Å². The van der Waals surface area contributed by atoms with Crippen LogP contribution in [0.3, 0.4) is 0 Å². The molecule has 0 aliphatic heterocycles. The van der Waals surface area contributed by atoms with Gasteiger partial charge in [-0.2, -0.15) is 0 Å². The highest BCUT2D eigenvalue weighted by molar-refractivity contribution is 6.05. The Morgan fingerprint density at radius 3 is 2.23 bits per heavy atom. The van der Waals surface area contributed by atoms with Crippen LogP contribution >= 0.6 is 0 Å². The maximum absolute atomic E-state index is 12.9. The Balaban J connectivity index is 1.66. The van der Waals surface area contributed by atoms with Gasteiger partial charge in [-0.3, -0.25) is 19.6 Å². The van der Waals surface area contributed by atoms with E-state index in [0.717, 1.165) is 5.56 Å². The normalized spacial score (nSPS) is 10.2. The first-order valence-corrected chi connectivity index (χ1v) is 7.81. The summed E-state index contributed by atoms with van der Waals surface area (Å²) in [6.45, 7) is 0.341. The van der Waals surface area contributed by atoms with Crippen molar-refractivity contribution in [1.29, 1.82) is 0 Å². The smallest absolute Gasteiger partial charge is 0.257 e. The van der Waals surface area contributed by atoms with Gasteiger partial charge in [-0.1, -0.05) is 0 Å². The van der Waals surface area contributed by atoms with Gasteiger partial charge < -0.3 is 10.6 Å². The zero-order chi connectivity index (χ0) is 18.4. The summed E-state index contributed by atoms with van der Waals surface area (Å²) in [6, 6.07) is 10.4. The van der Waals surface area contributed by atoms with Gasteiger partial charge in [0.25, 0.3) is 11.8 Å². The molecule has 6 nitrogen and oxygen atoms in total. The molecule has 2 amide bonds. The highest BCUT2D eigenvalue weighted by Gasteiger charge is 2.12. The van der Waals surface area contributed by atoms with Crippen LogP contribution in [0, 0.1) is 5.82 Å². The summed E-state index contributed by atoms with van der Waals surface area (Å²) in [6.07, 6.45) is 6.03. The zero-order valence-corrected chi connectivity index (χ0v) is 13.6. The molecule has 130 valence electrons. The van der Waals surface area contributed by atoms with E-state index in [9.17, 15) is 14.0 Å². The molecule has 1 aromatic carbocycles. The highest BCUT2D eigenvalue weighted by atomic mass is 19.1. The first-order valence-electron chi connectivity index (χ1n) is 7.81. The number of nitrogens with zero attached hydrogens (tertiary/aromatic N) is 2. The fraction of sp³-hybridized carbons (Fsp3) is 0.0526. The predicted octanol–water partition coefficient (Wildman–Crippen LogP) is 2.80. The minimum Gasteiger partial charge on any atom is -0.348 e. The molecule has 3 rings (SSSR count). The minimum absolute atomic E-state index is 0.228. The average Bonchev–Trinajstić information content (AvgIpc) is 2.69. The van der Waals surface area contributed by atoms with E-state index in [1.807, 2.05) is 0 Å². The Hall–Kier alpha value is -3.61. The van der Waals surface area contributed by atoms with Crippen molar-refractivity contribution in [2.75, 3.05) is 5.32 Å². The second kappa shape index (κ2) is 7.98. The van der Waals surface area contributed by atoms with E-state index < -0.39 is 11.7 Å². The molecule has 0 radical (unpaired) electrons. The summed E-state index contributed by atoms with van der Waals surface area (Å²) in [5, 5.41) is 5.38. The maximum atomic E-state index is 12.9. The lowest BCUT2D eigenvalue weighted by atomic mass is 10.1. The van der Waals surface area contributed by atoms with Gasteiger partial charge in [-0.25, -0.2) is 4.39 Å². The number of carbonyl (C=O) groups excluding carboxylic acids is 2.